The van der Waals surface area contributed by atoms with Crippen LogP contribution < -0.4 is 5.32 Å². The maximum absolute atomic E-state index is 12.9. The Morgan fingerprint density at radius 3 is 2.30 bits per heavy atom. The second kappa shape index (κ2) is 10.8. The minimum absolute atomic E-state index is 0.00232. The number of amides is 1. The van der Waals surface area contributed by atoms with Gasteiger partial charge in [0.05, 0.1) is 6.04 Å². The van der Waals surface area contributed by atoms with Gasteiger partial charge < -0.3 is 9.73 Å². The van der Waals surface area contributed by atoms with Gasteiger partial charge in [-0.15, -0.1) is 10.2 Å². The van der Waals surface area contributed by atoms with Crippen LogP contribution in [0.25, 0.3) is 0 Å². The second-order valence-electron chi connectivity index (χ2n) is 8.14. The van der Waals surface area contributed by atoms with E-state index in [-0.39, 0.29) is 29.4 Å². The van der Waals surface area contributed by atoms with E-state index in [0.29, 0.717) is 16.9 Å². The quantitative estimate of drug-likeness (QED) is 0.510. The monoisotopic (exact) mass is 395 g/mol. The van der Waals surface area contributed by atoms with Crippen molar-refractivity contribution in [1.82, 2.24) is 15.5 Å². The summed E-state index contributed by atoms with van der Waals surface area (Å²) in [6.07, 6.45) is 8.19. The molecule has 1 aliphatic rings. The summed E-state index contributed by atoms with van der Waals surface area (Å²) in [6.45, 7) is 8.12. The van der Waals surface area contributed by atoms with Gasteiger partial charge in [0.15, 0.2) is 0 Å². The number of nitrogens with one attached hydrogen (secondary N) is 1. The van der Waals surface area contributed by atoms with E-state index in [0.717, 1.165) is 25.7 Å². The Bertz CT molecular complexity index is 607. The lowest BCUT2D eigenvalue weighted by molar-refractivity contribution is -0.126. The summed E-state index contributed by atoms with van der Waals surface area (Å²) in [5, 5.41) is 11.5. The molecule has 7 heteroatoms. The van der Waals surface area contributed by atoms with Crippen molar-refractivity contribution in [2.75, 3.05) is 0 Å². The number of thioether (sulfide) groups is 1. The van der Waals surface area contributed by atoms with Gasteiger partial charge in [-0.3, -0.25) is 9.59 Å². The van der Waals surface area contributed by atoms with Crippen LogP contribution in [0.1, 0.15) is 89.7 Å². The van der Waals surface area contributed by atoms with Crippen LogP contribution in [0.3, 0.4) is 0 Å². The second-order valence-corrected chi connectivity index (χ2v) is 9.66. The zero-order valence-electron chi connectivity index (χ0n) is 17.0. The van der Waals surface area contributed by atoms with Crippen LogP contribution >= 0.6 is 11.8 Å². The van der Waals surface area contributed by atoms with Gasteiger partial charge in [0.2, 0.25) is 11.7 Å². The van der Waals surface area contributed by atoms with Crippen molar-refractivity contribution in [2.24, 2.45) is 11.8 Å². The highest BCUT2D eigenvalue weighted by molar-refractivity contribution is 7.99. The normalized spacial score (nSPS) is 17.6. The summed E-state index contributed by atoms with van der Waals surface area (Å²) in [5.74, 6) is -0.0357. The molecule has 0 saturated heterocycles. The van der Waals surface area contributed by atoms with E-state index in [1.807, 2.05) is 27.7 Å². The predicted octanol–water partition coefficient (Wildman–Crippen LogP) is 4.64. The fourth-order valence-electron chi connectivity index (χ4n) is 3.42. The summed E-state index contributed by atoms with van der Waals surface area (Å²) in [4.78, 5) is 25.7. The molecule has 1 aromatic rings. The third kappa shape index (κ3) is 7.28. The Balaban J connectivity index is 2.05. The molecule has 6 nitrogen and oxygen atoms in total. The van der Waals surface area contributed by atoms with Crippen molar-refractivity contribution in [2.45, 2.75) is 95.6 Å². The van der Waals surface area contributed by atoms with Gasteiger partial charge in [-0.25, -0.2) is 0 Å². The van der Waals surface area contributed by atoms with Crippen LogP contribution in [0.4, 0.5) is 0 Å². The van der Waals surface area contributed by atoms with Crippen LogP contribution in [-0.2, 0) is 4.79 Å². The average molecular weight is 396 g/mol. The third-order valence-corrected chi connectivity index (χ3v) is 5.61. The van der Waals surface area contributed by atoms with Crippen LogP contribution in [0.2, 0.25) is 0 Å². The van der Waals surface area contributed by atoms with Crippen molar-refractivity contribution >= 4 is 23.5 Å². The molecule has 1 fully saturated rings. The fraction of sp³-hybridized carbons (Fsp3) is 0.800. The van der Waals surface area contributed by atoms with Crippen molar-refractivity contribution in [3.63, 3.8) is 0 Å². The van der Waals surface area contributed by atoms with Gasteiger partial charge in [0.1, 0.15) is 0 Å². The van der Waals surface area contributed by atoms with E-state index >= 15 is 0 Å². The molecule has 1 saturated carbocycles. The van der Waals surface area contributed by atoms with Crippen LogP contribution in [0.5, 0.6) is 0 Å². The molecule has 1 N–H and O–H groups in total. The third-order valence-electron chi connectivity index (χ3n) is 4.77. The Kier molecular flexibility index (Phi) is 8.80. The highest BCUT2D eigenvalue weighted by Gasteiger charge is 2.30. The highest BCUT2D eigenvalue weighted by atomic mass is 32.2. The van der Waals surface area contributed by atoms with Crippen LogP contribution in [-0.4, -0.2) is 33.2 Å². The molecule has 0 unspecified atom stereocenters. The molecule has 0 spiro atoms. The topological polar surface area (TPSA) is 85.1 Å². The maximum atomic E-state index is 12.9. The number of carbonyl (C=O) groups is 2. The standard InChI is InChI=1S/C20H33N3O3S/c1-13(2)12-16(17(24)19-22-23-20(26-19)27-14(3)4)21-18(25)15-10-8-6-5-7-9-11-15/h13-16H,5-12H2,1-4H3,(H,21,25)/t16-/m0/s1. The lowest BCUT2D eigenvalue weighted by Gasteiger charge is -2.23. The predicted molar refractivity (Wildman–Crippen MR) is 107 cm³/mol. The smallest absolute Gasteiger partial charge is 0.286 e. The first-order valence-corrected chi connectivity index (χ1v) is 11.1. The molecule has 2 rings (SSSR count). The SMILES string of the molecule is CC(C)C[C@H](NC(=O)C1CCCCCCC1)C(=O)c1nnc(SC(C)C)o1. The Labute approximate surface area is 166 Å². The average Bonchev–Trinajstić information content (AvgIpc) is 3.00. The number of hydrogen-bond acceptors (Lipinski definition) is 6. The number of Topliss-reactive ketones (excluding diaryl/α,β-unsaturated/α-hetero) is 1. The maximum Gasteiger partial charge on any atom is 0.286 e. The number of nitrogens with zero attached hydrogens (tertiary/aromatic N) is 2. The van der Waals surface area contributed by atoms with Gasteiger partial charge in [-0.2, -0.15) is 0 Å². The van der Waals surface area contributed by atoms with E-state index in [2.05, 4.69) is 15.5 Å². The molecular weight excluding hydrogens is 362 g/mol. The van der Waals surface area contributed by atoms with Crippen molar-refractivity contribution in [3.8, 4) is 0 Å². The van der Waals surface area contributed by atoms with Crippen LogP contribution in [0.15, 0.2) is 9.64 Å². The van der Waals surface area contributed by atoms with E-state index < -0.39 is 6.04 Å². The van der Waals surface area contributed by atoms with Crippen LogP contribution in [0, 0.1) is 11.8 Å². The van der Waals surface area contributed by atoms with Gasteiger partial charge in [-0.1, -0.05) is 71.6 Å². The van der Waals surface area contributed by atoms with Gasteiger partial charge in [0.25, 0.3) is 11.1 Å². The molecule has 0 radical (unpaired) electrons. The zero-order chi connectivity index (χ0) is 19.8. The Morgan fingerprint density at radius 2 is 1.70 bits per heavy atom. The van der Waals surface area contributed by atoms with Gasteiger partial charge in [-0.05, 0) is 25.2 Å². The molecule has 1 heterocycles. The lowest BCUT2D eigenvalue weighted by atomic mass is 9.90. The molecule has 0 aliphatic heterocycles. The molecule has 1 aliphatic carbocycles. The van der Waals surface area contributed by atoms with Gasteiger partial charge in [0, 0.05) is 11.2 Å². The van der Waals surface area contributed by atoms with E-state index in [4.69, 9.17) is 4.42 Å². The highest BCUT2D eigenvalue weighted by Crippen LogP contribution is 2.24. The Hall–Kier alpha value is -1.37. The van der Waals surface area contributed by atoms with E-state index in [1.54, 1.807) is 0 Å². The fourth-order valence-corrected chi connectivity index (χ4v) is 4.04. The summed E-state index contributed by atoms with van der Waals surface area (Å²) in [6, 6.07) is -0.611. The summed E-state index contributed by atoms with van der Waals surface area (Å²) in [7, 11) is 0. The Morgan fingerprint density at radius 1 is 1.07 bits per heavy atom. The first-order valence-electron chi connectivity index (χ1n) is 10.2. The lowest BCUT2D eigenvalue weighted by Crippen LogP contribution is -2.44. The molecule has 0 bridgehead atoms. The summed E-state index contributed by atoms with van der Waals surface area (Å²) in [5.41, 5.74) is 0. The molecular formula is C20H33N3O3S. The molecule has 0 aromatic carbocycles. The summed E-state index contributed by atoms with van der Waals surface area (Å²) >= 11 is 1.42. The van der Waals surface area contributed by atoms with Crippen molar-refractivity contribution in [3.05, 3.63) is 5.89 Å². The molecule has 1 atom stereocenters. The zero-order valence-corrected chi connectivity index (χ0v) is 17.8. The minimum atomic E-state index is -0.611. The first-order chi connectivity index (χ1) is 12.9. The molecule has 152 valence electrons. The number of rotatable bonds is 8. The molecule has 1 aromatic heterocycles. The largest absolute Gasteiger partial charge is 0.408 e. The summed E-state index contributed by atoms with van der Waals surface area (Å²) < 4.78 is 5.52. The van der Waals surface area contributed by atoms with Crippen molar-refractivity contribution < 1.29 is 14.0 Å². The van der Waals surface area contributed by atoms with E-state index in [9.17, 15) is 9.59 Å². The number of hydrogen-bond donors (Lipinski definition) is 1. The van der Waals surface area contributed by atoms with Crippen molar-refractivity contribution in [1.29, 1.82) is 0 Å². The van der Waals surface area contributed by atoms with E-state index in [1.165, 1.54) is 31.0 Å². The molecule has 27 heavy (non-hydrogen) atoms. The first kappa shape index (κ1) is 21.9. The number of ketones is 1. The molecule has 1 amide bonds. The minimum Gasteiger partial charge on any atom is -0.408 e. The van der Waals surface area contributed by atoms with Gasteiger partial charge >= 0.3 is 0 Å². The number of aromatic nitrogens is 2. The number of carbonyl (C=O) groups excluding carboxylic acids is 2.